The highest BCUT2D eigenvalue weighted by Crippen LogP contribution is 2.23. The minimum atomic E-state index is -4.11. The van der Waals surface area contributed by atoms with Crippen molar-refractivity contribution in [3.8, 4) is 0 Å². The Morgan fingerprint density at radius 2 is 1.94 bits per heavy atom. The summed E-state index contributed by atoms with van der Waals surface area (Å²) in [5, 5.41) is 3.20. The third-order valence-corrected chi connectivity index (χ3v) is 3.04. The van der Waals surface area contributed by atoms with Gasteiger partial charge in [-0.05, 0) is 32.7 Å². The number of halogens is 3. The number of nitrogens with one attached hydrogen (secondary N) is 1. The van der Waals surface area contributed by atoms with Gasteiger partial charge in [-0.1, -0.05) is 6.92 Å². The molecule has 1 aliphatic heterocycles. The average Bonchev–Trinajstić information content (AvgIpc) is 2.12. The van der Waals surface area contributed by atoms with Gasteiger partial charge in [-0.3, -0.25) is 4.90 Å². The van der Waals surface area contributed by atoms with Gasteiger partial charge in [-0.15, -0.1) is 0 Å². The number of piperidine rings is 1. The van der Waals surface area contributed by atoms with Gasteiger partial charge in [0.15, 0.2) is 0 Å². The Balaban J connectivity index is 2.62. The van der Waals surface area contributed by atoms with E-state index in [1.165, 1.54) is 0 Å². The van der Waals surface area contributed by atoms with Gasteiger partial charge in [0.05, 0.1) is 6.54 Å². The first-order chi connectivity index (χ1) is 7.29. The van der Waals surface area contributed by atoms with Gasteiger partial charge >= 0.3 is 6.18 Å². The fourth-order valence-electron chi connectivity index (χ4n) is 2.32. The minimum Gasteiger partial charge on any atom is -0.315 e. The second-order valence-corrected chi connectivity index (χ2v) is 5.03. The van der Waals surface area contributed by atoms with Crippen LogP contribution in [0.1, 0.15) is 27.2 Å². The number of hydrogen-bond donors (Lipinski definition) is 1. The molecular weight excluding hydrogens is 217 g/mol. The summed E-state index contributed by atoms with van der Waals surface area (Å²) in [5.41, 5.74) is 0. The van der Waals surface area contributed by atoms with Crippen LogP contribution in [0.15, 0.2) is 0 Å². The maximum absolute atomic E-state index is 12.5. The Labute approximate surface area is 95.2 Å². The summed E-state index contributed by atoms with van der Waals surface area (Å²) in [6, 6.07) is -0.0656. The number of hydrogen-bond acceptors (Lipinski definition) is 2. The van der Waals surface area contributed by atoms with Crippen molar-refractivity contribution in [2.75, 3.05) is 19.6 Å². The molecule has 0 aromatic rings. The lowest BCUT2D eigenvalue weighted by atomic mass is 9.95. The van der Waals surface area contributed by atoms with Crippen molar-refractivity contribution in [3.05, 3.63) is 0 Å². The molecule has 1 N–H and O–H groups in total. The SMILES string of the molecule is CC1CNCC(N(CC(F)(F)F)C(C)C)C1. The van der Waals surface area contributed by atoms with Crippen LogP contribution < -0.4 is 5.32 Å². The van der Waals surface area contributed by atoms with Crippen molar-refractivity contribution in [1.82, 2.24) is 10.2 Å². The molecule has 1 rings (SSSR count). The van der Waals surface area contributed by atoms with Crippen LogP contribution in [0.5, 0.6) is 0 Å². The van der Waals surface area contributed by atoms with Crippen LogP contribution in [0.25, 0.3) is 0 Å². The van der Waals surface area contributed by atoms with E-state index in [1.807, 2.05) is 13.8 Å². The molecule has 0 amide bonds. The number of rotatable bonds is 3. The highest BCUT2D eigenvalue weighted by atomic mass is 19.4. The predicted molar refractivity (Wildman–Crippen MR) is 58.3 cm³/mol. The molecule has 96 valence electrons. The van der Waals surface area contributed by atoms with Crippen molar-refractivity contribution in [2.24, 2.45) is 5.92 Å². The van der Waals surface area contributed by atoms with E-state index in [2.05, 4.69) is 12.2 Å². The van der Waals surface area contributed by atoms with Gasteiger partial charge in [0.1, 0.15) is 0 Å². The molecule has 5 heteroatoms. The lowest BCUT2D eigenvalue weighted by molar-refractivity contribution is -0.156. The van der Waals surface area contributed by atoms with E-state index < -0.39 is 12.7 Å². The van der Waals surface area contributed by atoms with Crippen LogP contribution in [0.2, 0.25) is 0 Å². The monoisotopic (exact) mass is 238 g/mol. The highest BCUT2D eigenvalue weighted by Gasteiger charge is 2.36. The lowest BCUT2D eigenvalue weighted by Gasteiger charge is -2.39. The van der Waals surface area contributed by atoms with Crippen molar-refractivity contribution >= 4 is 0 Å². The molecule has 0 aromatic carbocycles. The predicted octanol–water partition coefficient (Wildman–Crippen LogP) is 2.26. The van der Waals surface area contributed by atoms with Crippen molar-refractivity contribution in [1.29, 1.82) is 0 Å². The summed E-state index contributed by atoms with van der Waals surface area (Å²) in [4.78, 5) is 1.56. The Kier molecular flexibility index (Phi) is 4.62. The standard InChI is InChI=1S/C11H21F3N2/c1-8(2)16(7-11(12,13)14)10-4-9(3)5-15-6-10/h8-10,15H,4-7H2,1-3H3. The molecule has 1 fully saturated rings. The van der Waals surface area contributed by atoms with Crippen LogP contribution in [0.4, 0.5) is 13.2 Å². The van der Waals surface area contributed by atoms with Crippen molar-refractivity contribution < 1.29 is 13.2 Å². The van der Waals surface area contributed by atoms with Crippen molar-refractivity contribution in [3.63, 3.8) is 0 Å². The molecule has 2 nitrogen and oxygen atoms in total. The van der Waals surface area contributed by atoms with Gasteiger partial charge in [0, 0.05) is 18.6 Å². The third-order valence-electron chi connectivity index (χ3n) is 3.04. The summed E-state index contributed by atoms with van der Waals surface area (Å²) < 4.78 is 37.4. The lowest BCUT2D eigenvalue weighted by Crippen LogP contribution is -2.53. The Morgan fingerprint density at radius 3 is 2.38 bits per heavy atom. The summed E-state index contributed by atoms with van der Waals surface area (Å²) >= 11 is 0. The molecule has 2 atom stereocenters. The van der Waals surface area contributed by atoms with Gasteiger partial charge in [0.2, 0.25) is 0 Å². The first kappa shape index (κ1) is 13.8. The fraction of sp³-hybridized carbons (Fsp3) is 1.00. The summed E-state index contributed by atoms with van der Waals surface area (Å²) in [6.45, 7) is 6.50. The van der Waals surface area contributed by atoms with Gasteiger partial charge in [-0.2, -0.15) is 13.2 Å². The summed E-state index contributed by atoms with van der Waals surface area (Å²) in [6.07, 6.45) is -3.26. The smallest absolute Gasteiger partial charge is 0.315 e. The van der Waals surface area contributed by atoms with Crippen molar-refractivity contribution in [2.45, 2.75) is 45.5 Å². The first-order valence-corrected chi connectivity index (χ1v) is 5.83. The molecular formula is C11H21F3N2. The summed E-state index contributed by atoms with van der Waals surface area (Å²) in [7, 11) is 0. The molecule has 0 aliphatic carbocycles. The largest absolute Gasteiger partial charge is 0.401 e. The average molecular weight is 238 g/mol. The molecule has 0 radical (unpaired) electrons. The highest BCUT2D eigenvalue weighted by molar-refractivity contribution is 4.84. The Morgan fingerprint density at radius 1 is 1.31 bits per heavy atom. The second-order valence-electron chi connectivity index (χ2n) is 5.03. The van der Waals surface area contributed by atoms with E-state index in [-0.39, 0.29) is 12.1 Å². The van der Waals surface area contributed by atoms with Crippen LogP contribution in [-0.2, 0) is 0 Å². The Bertz CT molecular complexity index is 216. The van der Waals surface area contributed by atoms with Crippen LogP contribution in [0.3, 0.4) is 0 Å². The van der Waals surface area contributed by atoms with E-state index in [1.54, 1.807) is 4.90 Å². The first-order valence-electron chi connectivity index (χ1n) is 5.83. The third kappa shape index (κ3) is 4.29. The van der Waals surface area contributed by atoms with E-state index in [4.69, 9.17) is 0 Å². The molecule has 0 aromatic heterocycles. The second kappa shape index (κ2) is 5.36. The maximum atomic E-state index is 12.5. The molecule has 16 heavy (non-hydrogen) atoms. The molecule has 0 saturated carbocycles. The fourth-order valence-corrected chi connectivity index (χ4v) is 2.32. The molecule has 2 unspecified atom stereocenters. The minimum absolute atomic E-state index is 0.00498. The van der Waals surface area contributed by atoms with Crippen LogP contribution in [0, 0.1) is 5.92 Å². The molecule has 0 spiro atoms. The molecule has 1 saturated heterocycles. The van der Waals surface area contributed by atoms with E-state index in [0.717, 1.165) is 13.0 Å². The van der Waals surface area contributed by atoms with E-state index in [9.17, 15) is 13.2 Å². The van der Waals surface area contributed by atoms with E-state index in [0.29, 0.717) is 12.5 Å². The topological polar surface area (TPSA) is 15.3 Å². The number of nitrogens with zero attached hydrogens (tertiary/aromatic N) is 1. The molecule has 1 heterocycles. The zero-order chi connectivity index (χ0) is 12.3. The molecule has 1 aliphatic rings. The van der Waals surface area contributed by atoms with Crippen LogP contribution in [-0.4, -0.2) is 42.8 Å². The van der Waals surface area contributed by atoms with Gasteiger partial charge in [-0.25, -0.2) is 0 Å². The maximum Gasteiger partial charge on any atom is 0.401 e. The Hall–Kier alpha value is -0.290. The normalized spacial score (nSPS) is 27.8. The van der Waals surface area contributed by atoms with Gasteiger partial charge < -0.3 is 5.32 Å². The molecule has 0 bridgehead atoms. The zero-order valence-electron chi connectivity index (χ0n) is 10.1. The van der Waals surface area contributed by atoms with Gasteiger partial charge in [0.25, 0.3) is 0 Å². The van der Waals surface area contributed by atoms with E-state index >= 15 is 0 Å². The quantitative estimate of drug-likeness (QED) is 0.811. The zero-order valence-corrected chi connectivity index (χ0v) is 10.1. The summed E-state index contributed by atoms with van der Waals surface area (Å²) in [5.74, 6) is 0.452. The van der Waals surface area contributed by atoms with Crippen LogP contribution >= 0.6 is 0 Å². The number of alkyl halides is 3.